The van der Waals surface area contributed by atoms with Gasteiger partial charge in [-0.05, 0) is 13.0 Å². The molecule has 0 aliphatic heterocycles. The number of nitrogens with one attached hydrogen (secondary N) is 1. The van der Waals surface area contributed by atoms with E-state index in [1.165, 1.54) is 19.6 Å². The molecular weight excluding hydrogens is 277 g/mol. The molecule has 9 heteroatoms. The molecule has 0 aromatic rings. The normalized spacial score (nSPS) is 17.2. The van der Waals surface area contributed by atoms with Gasteiger partial charge in [-0.1, -0.05) is 0 Å². The average molecular weight is 298 g/mol. The monoisotopic (exact) mass is 298 g/mol. The van der Waals surface area contributed by atoms with Crippen LogP contribution in [0.1, 0.15) is 6.42 Å². The average Bonchev–Trinajstić information content (AvgIpc) is 2.33. The van der Waals surface area contributed by atoms with E-state index in [0.717, 1.165) is 0 Å². The minimum Gasteiger partial charge on any atom is -0.313 e. The van der Waals surface area contributed by atoms with Crippen LogP contribution in [0.25, 0.3) is 0 Å². The lowest BCUT2D eigenvalue weighted by molar-refractivity contribution is 0.375. The van der Waals surface area contributed by atoms with Crippen LogP contribution in [0.4, 0.5) is 0 Å². The molecular formula is C9H21N3O4PS+. The van der Waals surface area contributed by atoms with Crippen LogP contribution in [0.5, 0.6) is 0 Å². The quantitative estimate of drug-likeness (QED) is 0.368. The van der Waals surface area contributed by atoms with Crippen molar-refractivity contribution in [1.82, 2.24) is 5.32 Å². The summed E-state index contributed by atoms with van der Waals surface area (Å²) in [5.41, 5.74) is 0. The summed E-state index contributed by atoms with van der Waals surface area (Å²) in [6.07, 6.45) is 3.52. The van der Waals surface area contributed by atoms with Crippen molar-refractivity contribution < 1.29 is 13.6 Å². The first-order chi connectivity index (χ1) is 8.16. The van der Waals surface area contributed by atoms with E-state index in [9.17, 15) is 14.0 Å². The van der Waals surface area contributed by atoms with E-state index in [1.54, 1.807) is 5.81 Å². The Morgan fingerprint density at radius 1 is 1.50 bits per heavy atom. The number of hydrogen-bond acceptors (Lipinski definition) is 6. The molecule has 0 amide bonds. The highest BCUT2D eigenvalue weighted by Crippen LogP contribution is 2.52. The predicted octanol–water partition coefficient (Wildman–Crippen LogP) is 0.695. The zero-order valence-electron chi connectivity index (χ0n) is 11.0. The first-order valence-corrected chi connectivity index (χ1v) is 10.2. The Bertz CT molecular complexity index is 392. The molecule has 0 aromatic carbocycles. The Balaban J connectivity index is 3.82. The van der Waals surface area contributed by atoms with Crippen molar-refractivity contribution in [1.29, 1.82) is 5.26 Å². The fraction of sp³-hybridized carbons (Fsp3) is 0.889. The zero-order valence-corrected chi connectivity index (χ0v) is 12.7. The van der Waals surface area contributed by atoms with E-state index < -0.39 is 17.0 Å². The van der Waals surface area contributed by atoms with Crippen LogP contribution in [-0.2, 0) is 13.8 Å². The van der Waals surface area contributed by atoms with Crippen molar-refractivity contribution >= 4 is 17.0 Å². The minimum atomic E-state index is -3.35. The molecule has 2 N–H and O–H groups in total. The summed E-state index contributed by atoms with van der Waals surface area (Å²) in [5, 5.41) is 11.7. The highest BCUT2D eigenvalue weighted by Gasteiger charge is 2.36. The van der Waals surface area contributed by atoms with Crippen molar-refractivity contribution in [3.05, 3.63) is 4.91 Å². The van der Waals surface area contributed by atoms with E-state index >= 15 is 0 Å². The maximum absolute atomic E-state index is 11.8. The number of nitroso groups, excluding NO2 is 1. The van der Waals surface area contributed by atoms with E-state index in [1.807, 2.05) is 0 Å². The maximum atomic E-state index is 11.8. The standard InChI is InChI=1S/C9H21N3O4PS/c1-16-17(14,9-10)7-6-11-5-4-8-18(2,3,15)12-13/h11,14H,4-8H2,1-3H3/q+1. The van der Waals surface area contributed by atoms with Gasteiger partial charge in [0, 0.05) is 38.6 Å². The van der Waals surface area contributed by atoms with Crippen molar-refractivity contribution in [3.63, 3.8) is 0 Å². The molecule has 106 valence electrons. The summed E-state index contributed by atoms with van der Waals surface area (Å²) in [5.74, 6) is 1.99. The van der Waals surface area contributed by atoms with Crippen molar-refractivity contribution in [2.75, 3.05) is 44.6 Å². The van der Waals surface area contributed by atoms with Gasteiger partial charge < -0.3 is 5.32 Å². The molecule has 7 nitrogen and oxygen atoms in total. The van der Waals surface area contributed by atoms with Gasteiger partial charge in [0.15, 0.2) is 0 Å². The lowest BCUT2D eigenvalue weighted by atomic mass is 10.5. The summed E-state index contributed by atoms with van der Waals surface area (Å²) in [6, 6.07) is 0. The van der Waals surface area contributed by atoms with Crippen LogP contribution in [0, 0.1) is 16.0 Å². The minimum absolute atomic E-state index is 0.232. The van der Waals surface area contributed by atoms with E-state index in [0.29, 0.717) is 19.5 Å². The lowest BCUT2D eigenvalue weighted by Gasteiger charge is -2.24. The lowest BCUT2D eigenvalue weighted by Crippen LogP contribution is -2.32. The molecule has 0 aliphatic rings. The summed E-state index contributed by atoms with van der Waals surface area (Å²) in [6.45, 7) is 0.973. The van der Waals surface area contributed by atoms with Crippen LogP contribution in [0.3, 0.4) is 0 Å². The topological polar surface area (TPSA) is 112 Å². The summed E-state index contributed by atoms with van der Waals surface area (Å²) < 4.78 is 19.3. The number of nitrogens with zero attached hydrogens (tertiary/aromatic N) is 2. The molecule has 0 spiro atoms. The summed E-state index contributed by atoms with van der Waals surface area (Å²) in [7, 11) is -4.96. The van der Waals surface area contributed by atoms with Gasteiger partial charge in [-0.2, -0.15) is 4.52 Å². The summed E-state index contributed by atoms with van der Waals surface area (Å²) >= 11 is 0. The third-order valence-electron chi connectivity index (χ3n) is 2.36. The SMILES string of the molecule is CO[P+](O)(C#N)CCNCCCS(C)(C)(=O)N=O. The second-order valence-corrected chi connectivity index (χ2v) is 11.6. The van der Waals surface area contributed by atoms with Gasteiger partial charge >= 0.3 is 13.5 Å². The summed E-state index contributed by atoms with van der Waals surface area (Å²) in [4.78, 5) is 20.0. The van der Waals surface area contributed by atoms with Crippen molar-refractivity contribution in [2.24, 2.45) is 4.58 Å². The fourth-order valence-electron chi connectivity index (χ4n) is 1.18. The van der Waals surface area contributed by atoms with E-state index in [-0.39, 0.29) is 11.9 Å². The third kappa shape index (κ3) is 7.09. The Kier molecular flexibility index (Phi) is 6.47. The van der Waals surface area contributed by atoms with Gasteiger partial charge in [0.05, 0.1) is 7.11 Å². The van der Waals surface area contributed by atoms with Crippen LogP contribution >= 0.6 is 7.72 Å². The van der Waals surface area contributed by atoms with Crippen molar-refractivity contribution in [2.45, 2.75) is 6.42 Å². The van der Waals surface area contributed by atoms with E-state index in [4.69, 9.17) is 9.79 Å². The molecule has 0 rings (SSSR count). The Labute approximate surface area is 108 Å². The second kappa shape index (κ2) is 6.64. The molecule has 1 atom stereocenters. The highest BCUT2D eigenvalue weighted by atomic mass is 32.3. The number of nitriles is 1. The van der Waals surface area contributed by atoms with Crippen LogP contribution in [-0.4, -0.2) is 53.7 Å². The van der Waals surface area contributed by atoms with E-state index in [2.05, 4.69) is 9.90 Å². The highest BCUT2D eigenvalue weighted by molar-refractivity contribution is 8.17. The maximum Gasteiger partial charge on any atom is 0.377 e. The molecule has 0 radical (unpaired) electrons. The second-order valence-electron chi connectivity index (χ2n) is 4.60. The number of rotatable bonds is 9. The largest absolute Gasteiger partial charge is 0.377 e. The van der Waals surface area contributed by atoms with Crippen molar-refractivity contribution in [3.8, 4) is 5.81 Å². The molecule has 0 heterocycles. The zero-order chi connectivity index (χ0) is 14.3. The molecule has 18 heavy (non-hydrogen) atoms. The van der Waals surface area contributed by atoms with Gasteiger partial charge in [0.2, 0.25) is 0 Å². The van der Waals surface area contributed by atoms with Crippen LogP contribution < -0.4 is 5.32 Å². The van der Waals surface area contributed by atoms with Gasteiger partial charge in [-0.25, -0.2) is 4.89 Å². The Morgan fingerprint density at radius 3 is 2.56 bits per heavy atom. The molecule has 0 fully saturated rings. The van der Waals surface area contributed by atoms with Gasteiger partial charge in [0.25, 0.3) is 0 Å². The molecule has 0 bridgehead atoms. The van der Waals surface area contributed by atoms with Gasteiger partial charge in [0.1, 0.15) is 6.16 Å². The third-order valence-corrected chi connectivity index (χ3v) is 6.03. The Hall–Kier alpha value is -0.450. The predicted molar refractivity (Wildman–Crippen MR) is 74.8 cm³/mol. The molecule has 1 unspecified atom stereocenters. The molecule has 0 aromatic heterocycles. The first kappa shape index (κ1) is 17.6. The van der Waals surface area contributed by atoms with Gasteiger partial charge in [-0.15, -0.1) is 10.2 Å². The first-order valence-electron chi connectivity index (χ1n) is 5.40. The number of hydrogen-bond donors (Lipinski definition) is 2. The Morgan fingerprint density at radius 2 is 2.11 bits per heavy atom. The molecule has 0 saturated carbocycles. The molecule has 0 saturated heterocycles. The fourth-order valence-corrected chi connectivity index (χ4v) is 3.05. The molecule has 0 aliphatic carbocycles. The van der Waals surface area contributed by atoms with Crippen LogP contribution in [0.2, 0.25) is 0 Å². The smallest absolute Gasteiger partial charge is 0.313 e. The van der Waals surface area contributed by atoms with Crippen LogP contribution in [0.15, 0.2) is 4.58 Å². The van der Waals surface area contributed by atoms with Gasteiger partial charge in [-0.3, -0.25) is 4.21 Å².